The Labute approximate surface area is 61.2 Å². The van der Waals surface area contributed by atoms with E-state index in [-0.39, 0.29) is 6.10 Å². The third kappa shape index (κ3) is 2.69. The fourth-order valence-corrected chi connectivity index (χ4v) is 1.37. The van der Waals surface area contributed by atoms with E-state index in [1.165, 1.54) is 6.42 Å². The van der Waals surface area contributed by atoms with Gasteiger partial charge in [0.25, 0.3) is 0 Å². The SMILES string of the molecule is OB(O)OC1CCCCC1. The summed E-state index contributed by atoms with van der Waals surface area (Å²) < 4.78 is 4.80. The van der Waals surface area contributed by atoms with Crippen molar-refractivity contribution in [2.24, 2.45) is 0 Å². The molecule has 0 aliphatic heterocycles. The molecule has 0 aromatic rings. The molecule has 3 nitrogen and oxygen atoms in total. The van der Waals surface area contributed by atoms with Crippen LogP contribution in [-0.2, 0) is 4.65 Å². The first-order valence-electron chi connectivity index (χ1n) is 3.80. The summed E-state index contributed by atoms with van der Waals surface area (Å²) in [5.41, 5.74) is 0. The van der Waals surface area contributed by atoms with Crippen LogP contribution in [0.15, 0.2) is 0 Å². The summed E-state index contributed by atoms with van der Waals surface area (Å²) in [5, 5.41) is 16.9. The minimum absolute atomic E-state index is 0.0775. The lowest BCUT2D eigenvalue weighted by molar-refractivity contribution is 0.0899. The van der Waals surface area contributed by atoms with Crippen LogP contribution in [0.4, 0.5) is 0 Å². The molecule has 10 heavy (non-hydrogen) atoms. The van der Waals surface area contributed by atoms with Crippen LogP contribution in [0.1, 0.15) is 32.1 Å². The molecule has 4 heteroatoms. The third-order valence-corrected chi connectivity index (χ3v) is 1.87. The highest BCUT2D eigenvalue weighted by molar-refractivity contribution is 6.32. The van der Waals surface area contributed by atoms with Gasteiger partial charge in [0.05, 0.1) is 0 Å². The quantitative estimate of drug-likeness (QED) is 0.548. The van der Waals surface area contributed by atoms with Gasteiger partial charge in [0, 0.05) is 6.10 Å². The van der Waals surface area contributed by atoms with E-state index in [0.717, 1.165) is 25.7 Å². The first-order valence-corrected chi connectivity index (χ1v) is 3.80. The highest BCUT2D eigenvalue weighted by Gasteiger charge is 2.19. The molecule has 0 bridgehead atoms. The normalized spacial score (nSPS) is 21.0. The lowest BCUT2D eigenvalue weighted by Gasteiger charge is -2.21. The van der Waals surface area contributed by atoms with E-state index in [0.29, 0.717) is 0 Å². The second kappa shape index (κ2) is 3.96. The van der Waals surface area contributed by atoms with Gasteiger partial charge in [-0.05, 0) is 12.8 Å². The second-order valence-electron chi connectivity index (χ2n) is 2.72. The molecule has 1 aliphatic carbocycles. The van der Waals surface area contributed by atoms with E-state index in [2.05, 4.69) is 0 Å². The molecular weight excluding hydrogens is 131 g/mol. The van der Waals surface area contributed by atoms with Crippen molar-refractivity contribution in [3.63, 3.8) is 0 Å². The number of hydrogen-bond donors (Lipinski definition) is 2. The highest BCUT2D eigenvalue weighted by Crippen LogP contribution is 2.19. The van der Waals surface area contributed by atoms with E-state index >= 15 is 0 Å². The number of hydrogen-bond acceptors (Lipinski definition) is 3. The van der Waals surface area contributed by atoms with Crippen molar-refractivity contribution in [2.75, 3.05) is 0 Å². The Morgan fingerprint density at radius 1 is 1.10 bits per heavy atom. The van der Waals surface area contributed by atoms with Gasteiger partial charge < -0.3 is 14.7 Å². The summed E-state index contributed by atoms with van der Waals surface area (Å²) in [7, 11) is -1.58. The average Bonchev–Trinajstić information content (AvgIpc) is 1.88. The Bertz CT molecular complexity index is 91.0. The predicted octanol–water partition coefficient (Wildman–Crippen LogP) is 0.305. The van der Waals surface area contributed by atoms with Gasteiger partial charge in [-0.2, -0.15) is 0 Å². The van der Waals surface area contributed by atoms with Crippen molar-refractivity contribution >= 4 is 7.32 Å². The molecule has 0 aromatic heterocycles. The fourth-order valence-electron chi connectivity index (χ4n) is 1.37. The monoisotopic (exact) mass is 144 g/mol. The van der Waals surface area contributed by atoms with E-state index in [1.807, 2.05) is 0 Å². The molecule has 1 rings (SSSR count). The van der Waals surface area contributed by atoms with E-state index in [9.17, 15) is 0 Å². The Balaban J connectivity index is 2.13. The summed E-state index contributed by atoms with van der Waals surface area (Å²) in [6.45, 7) is 0. The molecule has 0 aromatic carbocycles. The van der Waals surface area contributed by atoms with Crippen LogP contribution >= 0.6 is 0 Å². The summed E-state index contributed by atoms with van der Waals surface area (Å²) in [5.74, 6) is 0. The maximum atomic E-state index is 8.44. The van der Waals surface area contributed by atoms with Crippen LogP contribution in [0.5, 0.6) is 0 Å². The molecule has 58 valence electrons. The van der Waals surface area contributed by atoms with Gasteiger partial charge >= 0.3 is 7.32 Å². The lowest BCUT2D eigenvalue weighted by Crippen LogP contribution is -2.27. The van der Waals surface area contributed by atoms with E-state index < -0.39 is 7.32 Å². The third-order valence-electron chi connectivity index (χ3n) is 1.87. The van der Waals surface area contributed by atoms with Crippen molar-refractivity contribution in [1.82, 2.24) is 0 Å². The van der Waals surface area contributed by atoms with Crippen LogP contribution in [-0.4, -0.2) is 23.5 Å². The van der Waals surface area contributed by atoms with Crippen molar-refractivity contribution in [3.05, 3.63) is 0 Å². The molecule has 0 spiro atoms. The molecule has 0 unspecified atom stereocenters. The molecule has 0 saturated heterocycles. The summed E-state index contributed by atoms with van der Waals surface area (Å²) in [4.78, 5) is 0. The van der Waals surface area contributed by atoms with Gasteiger partial charge in [-0.3, -0.25) is 0 Å². The molecule has 0 atom stereocenters. The summed E-state index contributed by atoms with van der Waals surface area (Å²) in [6.07, 6.45) is 5.57. The van der Waals surface area contributed by atoms with Crippen LogP contribution < -0.4 is 0 Å². The van der Waals surface area contributed by atoms with Crippen LogP contribution in [0, 0.1) is 0 Å². The Kier molecular flexibility index (Phi) is 3.18. The summed E-state index contributed by atoms with van der Waals surface area (Å²) in [6, 6.07) is 0. The van der Waals surface area contributed by atoms with Gasteiger partial charge in [-0.1, -0.05) is 19.3 Å². The fraction of sp³-hybridized carbons (Fsp3) is 1.00. The largest absolute Gasteiger partial charge is 0.634 e. The van der Waals surface area contributed by atoms with Crippen LogP contribution in [0.2, 0.25) is 0 Å². The molecule has 1 aliphatic rings. The topological polar surface area (TPSA) is 49.7 Å². The zero-order valence-electron chi connectivity index (χ0n) is 5.99. The Hall–Kier alpha value is -0.0551. The molecule has 1 saturated carbocycles. The van der Waals surface area contributed by atoms with Crippen LogP contribution in [0.25, 0.3) is 0 Å². The standard InChI is InChI=1S/C6H13BO3/c8-7(9)10-6-4-2-1-3-5-6/h6,8-9H,1-5H2. The van der Waals surface area contributed by atoms with E-state index in [1.54, 1.807) is 0 Å². The molecule has 0 amide bonds. The van der Waals surface area contributed by atoms with Gasteiger partial charge in [-0.25, -0.2) is 0 Å². The number of rotatable bonds is 2. The zero-order chi connectivity index (χ0) is 7.40. The van der Waals surface area contributed by atoms with Crippen molar-refractivity contribution < 1.29 is 14.7 Å². The zero-order valence-corrected chi connectivity index (χ0v) is 5.99. The molecule has 2 N–H and O–H groups in total. The van der Waals surface area contributed by atoms with Crippen molar-refractivity contribution in [1.29, 1.82) is 0 Å². The highest BCUT2D eigenvalue weighted by atomic mass is 16.6. The smallest absolute Gasteiger partial charge is 0.402 e. The molecular formula is C6H13BO3. The first-order chi connectivity index (χ1) is 4.79. The van der Waals surface area contributed by atoms with Gasteiger partial charge in [0.15, 0.2) is 0 Å². The van der Waals surface area contributed by atoms with Gasteiger partial charge in [0.1, 0.15) is 0 Å². The predicted molar refractivity (Wildman–Crippen MR) is 38.1 cm³/mol. The second-order valence-corrected chi connectivity index (χ2v) is 2.72. The minimum atomic E-state index is -1.58. The maximum absolute atomic E-state index is 8.44. The van der Waals surface area contributed by atoms with Crippen molar-refractivity contribution in [2.45, 2.75) is 38.2 Å². The minimum Gasteiger partial charge on any atom is -0.402 e. The lowest BCUT2D eigenvalue weighted by atomic mass is 9.97. The maximum Gasteiger partial charge on any atom is 0.634 e. The van der Waals surface area contributed by atoms with E-state index in [4.69, 9.17) is 14.7 Å². The van der Waals surface area contributed by atoms with Crippen LogP contribution in [0.3, 0.4) is 0 Å². The van der Waals surface area contributed by atoms with Crippen molar-refractivity contribution in [3.8, 4) is 0 Å². The first kappa shape index (κ1) is 8.05. The Morgan fingerprint density at radius 3 is 2.20 bits per heavy atom. The molecule has 0 heterocycles. The molecule has 0 radical (unpaired) electrons. The van der Waals surface area contributed by atoms with Gasteiger partial charge in [0.2, 0.25) is 0 Å². The average molecular weight is 144 g/mol. The summed E-state index contributed by atoms with van der Waals surface area (Å²) >= 11 is 0. The Morgan fingerprint density at radius 2 is 1.70 bits per heavy atom. The van der Waals surface area contributed by atoms with Gasteiger partial charge in [-0.15, -0.1) is 0 Å². The molecule has 1 fully saturated rings.